The molecule has 1 atom stereocenters. The normalized spacial score (nSPS) is 15.1. The molecule has 36 heavy (non-hydrogen) atoms. The van der Waals surface area contributed by atoms with Gasteiger partial charge in [0, 0.05) is 47.2 Å². The van der Waals surface area contributed by atoms with Crippen molar-refractivity contribution < 1.29 is 9.21 Å². The van der Waals surface area contributed by atoms with Crippen molar-refractivity contribution in [3.05, 3.63) is 100 Å². The molecule has 2 aromatic heterocycles. The molecule has 1 unspecified atom stereocenters. The Morgan fingerprint density at radius 1 is 0.972 bits per heavy atom. The highest BCUT2D eigenvalue weighted by atomic mass is 32.2. The van der Waals surface area contributed by atoms with E-state index in [1.807, 2.05) is 0 Å². The number of carbonyl (C=O) groups excluding carboxylic acids is 1. The van der Waals surface area contributed by atoms with E-state index in [2.05, 4.69) is 89.8 Å². The van der Waals surface area contributed by atoms with E-state index in [1.165, 1.54) is 38.4 Å². The van der Waals surface area contributed by atoms with Gasteiger partial charge in [-0.1, -0.05) is 30.3 Å². The van der Waals surface area contributed by atoms with E-state index >= 15 is 0 Å². The third-order valence-electron chi connectivity index (χ3n) is 6.91. The Kier molecular flexibility index (Phi) is 7.51. The molecule has 1 aliphatic rings. The predicted molar refractivity (Wildman–Crippen MR) is 151 cm³/mol. The molecular weight excluding hydrogens is 486 g/mol. The number of benzene rings is 2. The van der Waals surface area contributed by atoms with Crippen LogP contribution in [0.5, 0.6) is 0 Å². The zero-order valence-electron chi connectivity index (χ0n) is 20.9. The van der Waals surface area contributed by atoms with Gasteiger partial charge in [-0.15, -0.1) is 23.1 Å². The third-order valence-corrected chi connectivity index (χ3v) is 8.79. The van der Waals surface area contributed by atoms with Crippen LogP contribution in [0, 0.1) is 13.8 Å². The van der Waals surface area contributed by atoms with Crippen molar-refractivity contribution in [1.29, 1.82) is 0 Å². The number of piperazine rings is 1. The van der Waals surface area contributed by atoms with E-state index in [4.69, 9.17) is 4.42 Å². The average molecular weight is 518 g/mol. The Balaban J connectivity index is 1.49. The minimum atomic E-state index is -0.215. The molecular formula is C29H31N3O2S2. The summed E-state index contributed by atoms with van der Waals surface area (Å²) in [6.45, 7) is 8.09. The molecule has 7 heteroatoms. The lowest BCUT2D eigenvalue weighted by Gasteiger charge is -2.41. The number of thioether (sulfide) groups is 1. The van der Waals surface area contributed by atoms with Crippen LogP contribution < -0.4 is 10.2 Å². The fourth-order valence-corrected chi connectivity index (χ4v) is 6.36. The fourth-order valence-electron chi connectivity index (χ4n) is 4.86. The third kappa shape index (κ3) is 5.09. The number of rotatable bonds is 7. The highest BCUT2D eigenvalue weighted by Gasteiger charge is 2.32. The Bertz CT molecular complexity index is 1290. The number of hydrogen-bond donors (Lipinski definition) is 1. The maximum atomic E-state index is 12.9. The van der Waals surface area contributed by atoms with Gasteiger partial charge < -0.3 is 14.6 Å². The van der Waals surface area contributed by atoms with Gasteiger partial charge in [-0.3, -0.25) is 9.69 Å². The first-order valence-corrected chi connectivity index (χ1v) is 14.2. The van der Waals surface area contributed by atoms with Crippen molar-refractivity contribution in [2.75, 3.05) is 42.7 Å². The van der Waals surface area contributed by atoms with E-state index in [0.717, 1.165) is 31.2 Å². The second-order valence-electron chi connectivity index (χ2n) is 8.99. The Labute approximate surface area is 221 Å². The van der Waals surface area contributed by atoms with Gasteiger partial charge >= 0.3 is 0 Å². The zero-order chi connectivity index (χ0) is 25.1. The molecule has 186 valence electrons. The number of anilines is 2. The number of nitrogens with zero attached hydrogens (tertiary/aromatic N) is 2. The molecule has 2 aromatic carbocycles. The van der Waals surface area contributed by atoms with E-state index in [0.29, 0.717) is 5.76 Å². The molecule has 3 heterocycles. The smallest absolute Gasteiger partial charge is 0.291 e. The van der Waals surface area contributed by atoms with Crippen LogP contribution in [0.15, 0.2) is 82.3 Å². The molecule has 1 saturated heterocycles. The minimum absolute atomic E-state index is 0.0516. The number of hydrogen-bond acceptors (Lipinski definition) is 6. The van der Waals surface area contributed by atoms with Gasteiger partial charge in [-0.25, -0.2) is 0 Å². The van der Waals surface area contributed by atoms with E-state index < -0.39 is 0 Å². The van der Waals surface area contributed by atoms with Gasteiger partial charge in [0.1, 0.15) is 5.00 Å². The Morgan fingerprint density at radius 3 is 2.33 bits per heavy atom. The summed E-state index contributed by atoms with van der Waals surface area (Å²) in [6, 6.07) is 23.0. The summed E-state index contributed by atoms with van der Waals surface area (Å²) in [5.41, 5.74) is 4.93. The topological polar surface area (TPSA) is 48.7 Å². The van der Waals surface area contributed by atoms with Crippen molar-refractivity contribution in [3.8, 4) is 0 Å². The van der Waals surface area contributed by atoms with Crippen molar-refractivity contribution >= 4 is 39.7 Å². The van der Waals surface area contributed by atoms with Gasteiger partial charge in [0.15, 0.2) is 5.76 Å². The standard InChI is InChI=1S/C29H31N3O2S2/c1-20-21(2)36-29(30-28(33)25-10-7-19-34-25)26(20)27(22-11-13-24(35-3)14-12-22)32-17-15-31(16-18-32)23-8-5-4-6-9-23/h4-14,19,27H,15-18H2,1-3H3,(H,30,33). The van der Waals surface area contributed by atoms with Crippen molar-refractivity contribution in [2.45, 2.75) is 24.8 Å². The van der Waals surface area contributed by atoms with Crippen LogP contribution in [-0.4, -0.2) is 43.2 Å². The first-order chi connectivity index (χ1) is 17.5. The highest BCUT2D eigenvalue weighted by molar-refractivity contribution is 7.98. The number of carbonyl (C=O) groups is 1. The highest BCUT2D eigenvalue weighted by Crippen LogP contribution is 2.43. The summed E-state index contributed by atoms with van der Waals surface area (Å²) in [5.74, 6) is 0.106. The van der Waals surface area contributed by atoms with E-state index in [-0.39, 0.29) is 11.9 Å². The lowest BCUT2D eigenvalue weighted by molar-refractivity contribution is 0.0996. The van der Waals surface area contributed by atoms with Crippen LogP contribution in [0.4, 0.5) is 10.7 Å². The van der Waals surface area contributed by atoms with Gasteiger partial charge in [0.05, 0.1) is 12.3 Å². The zero-order valence-corrected chi connectivity index (χ0v) is 22.5. The lowest BCUT2D eigenvalue weighted by atomic mass is 9.94. The second kappa shape index (κ2) is 10.9. The van der Waals surface area contributed by atoms with Crippen LogP contribution in [0.2, 0.25) is 0 Å². The minimum Gasteiger partial charge on any atom is -0.459 e. The van der Waals surface area contributed by atoms with Crippen LogP contribution in [0.25, 0.3) is 0 Å². The molecule has 4 aromatic rings. The van der Waals surface area contributed by atoms with Crippen LogP contribution in [0.1, 0.15) is 38.2 Å². The van der Waals surface area contributed by atoms with E-state index in [1.54, 1.807) is 35.2 Å². The molecule has 0 aliphatic carbocycles. The van der Waals surface area contributed by atoms with Gasteiger partial charge in [-0.2, -0.15) is 0 Å². The summed E-state index contributed by atoms with van der Waals surface area (Å²) < 4.78 is 5.36. The molecule has 1 aliphatic heterocycles. The SMILES string of the molecule is CSc1ccc(C(c2c(NC(=O)c3ccco3)sc(C)c2C)N2CCN(c3ccccc3)CC2)cc1. The molecule has 0 radical (unpaired) electrons. The number of para-hydroxylation sites is 1. The monoisotopic (exact) mass is 517 g/mol. The number of nitrogens with one attached hydrogen (secondary N) is 1. The molecule has 1 amide bonds. The second-order valence-corrected chi connectivity index (χ2v) is 11.1. The number of furan rings is 1. The summed E-state index contributed by atoms with van der Waals surface area (Å²) in [6.07, 6.45) is 3.63. The van der Waals surface area contributed by atoms with Crippen LogP contribution in [-0.2, 0) is 0 Å². The molecule has 0 bridgehead atoms. The summed E-state index contributed by atoms with van der Waals surface area (Å²) >= 11 is 3.39. The number of aryl methyl sites for hydroxylation is 1. The van der Waals surface area contributed by atoms with Gasteiger partial charge in [-0.05, 0) is 67.6 Å². The molecule has 5 rings (SSSR count). The lowest BCUT2D eigenvalue weighted by Crippen LogP contribution is -2.48. The van der Waals surface area contributed by atoms with Crippen LogP contribution >= 0.6 is 23.1 Å². The number of amides is 1. The molecule has 5 nitrogen and oxygen atoms in total. The maximum Gasteiger partial charge on any atom is 0.291 e. The number of thiophene rings is 1. The van der Waals surface area contributed by atoms with Crippen molar-refractivity contribution in [2.24, 2.45) is 0 Å². The van der Waals surface area contributed by atoms with Gasteiger partial charge in [0.2, 0.25) is 0 Å². The molecule has 1 N–H and O–H groups in total. The van der Waals surface area contributed by atoms with E-state index in [9.17, 15) is 4.79 Å². The average Bonchev–Trinajstić information content (AvgIpc) is 3.55. The van der Waals surface area contributed by atoms with Gasteiger partial charge in [0.25, 0.3) is 5.91 Å². The largest absolute Gasteiger partial charge is 0.459 e. The van der Waals surface area contributed by atoms with Crippen LogP contribution in [0.3, 0.4) is 0 Å². The molecule has 0 spiro atoms. The molecule has 0 saturated carbocycles. The Hall–Kier alpha value is -3.00. The first kappa shape index (κ1) is 24.7. The summed E-state index contributed by atoms with van der Waals surface area (Å²) in [5, 5.41) is 4.06. The predicted octanol–water partition coefficient (Wildman–Crippen LogP) is 6.84. The fraction of sp³-hybridized carbons (Fsp3) is 0.276. The quantitative estimate of drug-likeness (QED) is 0.272. The van der Waals surface area contributed by atoms with Crippen molar-refractivity contribution in [3.63, 3.8) is 0 Å². The first-order valence-electron chi connectivity index (χ1n) is 12.2. The maximum absolute atomic E-state index is 12.9. The summed E-state index contributed by atoms with van der Waals surface area (Å²) in [4.78, 5) is 20.4. The van der Waals surface area contributed by atoms with Crippen molar-refractivity contribution in [1.82, 2.24) is 4.90 Å². The molecule has 1 fully saturated rings. The Morgan fingerprint density at radius 2 is 1.69 bits per heavy atom. The summed E-state index contributed by atoms with van der Waals surface area (Å²) in [7, 11) is 0.